The molecule has 0 aromatic rings. The summed E-state index contributed by atoms with van der Waals surface area (Å²) < 4.78 is 0. The van der Waals surface area contributed by atoms with Gasteiger partial charge in [0, 0.05) is 12.4 Å². The third-order valence-electron chi connectivity index (χ3n) is 2.20. The van der Waals surface area contributed by atoms with Crippen molar-refractivity contribution in [3.8, 4) is 0 Å². The molecule has 1 rings (SSSR count). The van der Waals surface area contributed by atoms with Crippen molar-refractivity contribution in [2.75, 3.05) is 0 Å². The lowest BCUT2D eigenvalue weighted by molar-refractivity contribution is 0.444. The van der Waals surface area contributed by atoms with Gasteiger partial charge in [0.25, 0.3) is 0 Å². The fraction of sp³-hybridized carbons (Fsp3) is 0.667. The summed E-state index contributed by atoms with van der Waals surface area (Å²) in [6, 6.07) is 0.484. The van der Waals surface area contributed by atoms with Crippen LogP contribution in [0.5, 0.6) is 0 Å². The zero-order chi connectivity index (χ0) is 8.81. The Morgan fingerprint density at radius 1 is 1.25 bits per heavy atom. The standard InChI is InChI=1S/C9H17N3/c10-6-8(11)7-12-9-4-2-1-3-5-9/h6-7,9H,1-5,10-11H2. The molecule has 0 unspecified atom stereocenters. The molecule has 0 bridgehead atoms. The average molecular weight is 167 g/mol. The first-order valence-electron chi connectivity index (χ1n) is 4.53. The van der Waals surface area contributed by atoms with Crippen molar-refractivity contribution in [3.63, 3.8) is 0 Å². The van der Waals surface area contributed by atoms with Crippen LogP contribution in [-0.2, 0) is 0 Å². The van der Waals surface area contributed by atoms with Gasteiger partial charge in [0.05, 0.1) is 11.7 Å². The van der Waals surface area contributed by atoms with E-state index >= 15 is 0 Å². The minimum Gasteiger partial charge on any atom is -0.403 e. The third-order valence-corrected chi connectivity index (χ3v) is 2.20. The first-order valence-corrected chi connectivity index (χ1v) is 4.53. The Kier molecular flexibility index (Phi) is 3.64. The van der Waals surface area contributed by atoms with Gasteiger partial charge < -0.3 is 11.5 Å². The molecule has 0 aliphatic heterocycles. The van der Waals surface area contributed by atoms with E-state index in [-0.39, 0.29) is 0 Å². The minimum absolute atomic E-state index is 0.484. The predicted octanol–water partition coefficient (Wildman–Crippen LogP) is 1.15. The highest BCUT2D eigenvalue weighted by atomic mass is 14.8. The van der Waals surface area contributed by atoms with Crippen LogP contribution in [0.15, 0.2) is 16.9 Å². The van der Waals surface area contributed by atoms with Crippen molar-refractivity contribution in [1.29, 1.82) is 0 Å². The van der Waals surface area contributed by atoms with E-state index in [1.165, 1.54) is 38.3 Å². The Bertz CT molecular complexity index is 178. The summed E-state index contributed by atoms with van der Waals surface area (Å²) in [5, 5.41) is 0. The Morgan fingerprint density at radius 3 is 2.50 bits per heavy atom. The summed E-state index contributed by atoms with van der Waals surface area (Å²) in [5.41, 5.74) is 11.2. The molecule has 3 heteroatoms. The van der Waals surface area contributed by atoms with Gasteiger partial charge in [-0.25, -0.2) is 0 Å². The van der Waals surface area contributed by atoms with Crippen LogP contribution in [0.1, 0.15) is 32.1 Å². The van der Waals surface area contributed by atoms with E-state index in [0.29, 0.717) is 11.7 Å². The molecule has 1 fully saturated rings. The van der Waals surface area contributed by atoms with Crippen LogP contribution in [0.2, 0.25) is 0 Å². The van der Waals surface area contributed by atoms with Crippen LogP contribution in [-0.4, -0.2) is 12.3 Å². The molecule has 0 aromatic heterocycles. The second-order valence-electron chi connectivity index (χ2n) is 3.24. The SMILES string of the molecule is NC=C(N)C=NC1CCCCC1. The Balaban J connectivity index is 2.33. The van der Waals surface area contributed by atoms with Crippen LogP contribution in [0.25, 0.3) is 0 Å². The van der Waals surface area contributed by atoms with E-state index in [2.05, 4.69) is 4.99 Å². The molecule has 1 saturated carbocycles. The zero-order valence-corrected chi connectivity index (χ0v) is 7.37. The molecule has 0 spiro atoms. The number of rotatable bonds is 2. The van der Waals surface area contributed by atoms with Crippen molar-refractivity contribution in [2.45, 2.75) is 38.1 Å². The lowest BCUT2D eigenvalue weighted by Crippen LogP contribution is -2.11. The first-order chi connectivity index (χ1) is 5.83. The van der Waals surface area contributed by atoms with E-state index in [0.717, 1.165) is 0 Å². The molecule has 1 aliphatic rings. The second kappa shape index (κ2) is 4.80. The van der Waals surface area contributed by atoms with Crippen molar-refractivity contribution < 1.29 is 0 Å². The van der Waals surface area contributed by atoms with E-state index in [1.807, 2.05) is 0 Å². The highest BCUT2D eigenvalue weighted by molar-refractivity contribution is 5.77. The molecule has 0 atom stereocenters. The number of hydrogen-bond donors (Lipinski definition) is 2. The maximum atomic E-state index is 5.48. The lowest BCUT2D eigenvalue weighted by Gasteiger charge is -2.16. The van der Waals surface area contributed by atoms with Crippen LogP contribution in [0, 0.1) is 0 Å². The predicted molar refractivity (Wildman–Crippen MR) is 51.8 cm³/mol. The summed E-state index contributed by atoms with van der Waals surface area (Å²) in [6.45, 7) is 0. The smallest absolute Gasteiger partial charge is 0.0653 e. The number of nitrogens with two attached hydrogens (primary N) is 2. The van der Waals surface area contributed by atoms with E-state index in [4.69, 9.17) is 11.5 Å². The first kappa shape index (κ1) is 9.10. The molecule has 0 aromatic carbocycles. The Morgan fingerprint density at radius 2 is 1.92 bits per heavy atom. The van der Waals surface area contributed by atoms with Gasteiger partial charge >= 0.3 is 0 Å². The Hall–Kier alpha value is -0.990. The Labute approximate surface area is 73.5 Å². The highest BCUT2D eigenvalue weighted by Gasteiger charge is 2.10. The van der Waals surface area contributed by atoms with Crippen molar-refractivity contribution >= 4 is 6.21 Å². The average Bonchev–Trinajstić information content (AvgIpc) is 2.16. The maximum Gasteiger partial charge on any atom is 0.0653 e. The van der Waals surface area contributed by atoms with Crippen LogP contribution < -0.4 is 11.5 Å². The normalized spacial score (nSPS) is 21.8. The number of allylic oxidation sites excluding steroid dienone is 1. The summed E-state index contributed by atoms with van der Waals surface area (Å²) in [6.07, 6.45) is 9.42. The van der Waals surface area contributed by atoms with Gasteiger partial charge in [-0.1, -0.05) is 19.3 Å². The van der Waals surface area contributed by atoms with Gasteiger partial charge in [0.15, 0.2) is 0 Å². The lowest BCUT2D eigenvalue weighted by atomic mass is 9.96. The van der Waals surface area contributed by atoms with Crippen molar-refractivity contribution in [2.24, 2.45) is 16.5 Å². The largest absolute Gasteiger partial charge is 0.403 e. The van der Waals surface area contributed by atoms with Crippen LogP contribution in [0.4, 0.5) is 0 Å². The second-order valence-corrected chi connectivity index (χ2v) is 3.24. The molecule has 0 amide bonds. The summed E-state index contributed by atoms with van der Waals surface area (Å²) in [4.78, 5) is 4.36. The molecule has 4 N–H and O–H groups in total. The molecule has 3 nitrogen and oxygen atoms in total. The van der Waals surface area contributed by atoms with Gasteiger partial charge in [0.2, 0.25) is 0 Å². The topological polar surface area (TPSA) is 64.4 Å². The molecule has 12 heavy (non-hydrogen) atoms. The maximum absolute atomic E-state index is 5.48. The fourth-order valence-corrected chi connectivity index (χ4v) is 1.46. The third kappa shape index (κ3) is 2.95. The molecule has 0 heterocycles. The van der Waals surface area contributed by atoms with Gasteiger partial charge in [0.1, 0.15) is 0 Å². The molecule has 1 aliphatic carbocycles. The van der Waals surface area contributed by atoms with Crippen molar-refractivity contribution in [1.82, 2.24) is 0 Å². The molecular formula is C9H17N3. The fourth-order valence-electron chi connectivity index (χ4n) is 1.46. The quantitative estimate of drug-likeness (QED) is 0.606. The van der Waals surface area contributed by atoms with Crippen molar-refractivity contribution in [3.05, 3.63) is 11.9 Å². The van der Waals surface area contributed by atoms with E-state index in [9.17, 15) is 0 Å². The van der Waals surface area contributed by atoms with Gasteiger partial charge in [-0.2, -0.15) is 0 Å². The molecule has 0 radical (unpaired) electrons. The minimum atomic E-state index is 0.484. The van der Waals surface area contributed by atoms with Crippen LogP contribution in [0.3, 0.4) is 0 Å². The number of aliphatic imine (C=N–C) groups is 1. The zero-order valence-electron chi connectivity index (χ0n) is 7.37. The van der Waals surface area contributed by atoms with E-state index in [1.54, 1.807) is 6.21 Å². The monoisotopic (exact) mass is 167 g/mol. The van der Waals surface area contributed by atoms with Gasteiger partial charge in [-0.15, -0.1) is 0 Å². The summed E-state index contributed by atoms with van der Waals surface area (Å²) >= 11 is 0. The van der Waals surface area contributed by atoms with E-state index < -0.39 is 0 Å². The summed E-state index contributed by atoms with van der Waals surface area (Å²) in [7, 11) is 0. The number of hydrogen-bond acceptors (Lipinski definition) is 3. The summed E-state index contributed by atoms with van der Waals surface area (Å²) in [5.74, 6) is 0. The van der Waals surface area contributed by atoms with Crippen LogP contribution >= 0.6 is 0 Å². The highest BCUT2D eigenvalue weighted by Crippen LogP contribution is 2.19. The number of nitrogens with zero attached hydrogens (tertiary/aromatic N) is 1. The van der Waals surface area contributed by atoms with Gasteiger partial charge in [-0.05, 0) is 12.8 Å². The van der Waals surface area contributed by atoms with Gasteiger partial charge in [-0.3, -0.25) is 4.99 Å². The molecule has 0 saturated heterocycles. The molecular weight excluding hydrogens is 150 g/mol. The molecule has 68 valence electrons.